The first-order chi connectivity index (χ1) is 11.2. The number of carbonyl (C=O) groups is 1. The number of amides is 1. The first kappa shape index (κ1) is 14.1. The minimum absolute atomic E-state index is 0.0135. The Bertz CT molecular complexity index is 720. The minimum Gasteiger partial charge on any atom is -0.488 e. The standard InChI is InChI=1S/C17H18FN3O2/c18-12-3-5-13(6-4-12)21-9-10-23-15-11-14(19-16(15)21)17(22)20-7-1-2-8-20/h3-6,11,19H,1-2,7-10H2. The van der Waals surface area contributed by atoms with E-state index in [-0.39, 0.29) is 11.7 Å². The monoisotopic (exact) mass is 315 g/mol. The van der Waals surface area contributed by atoms with Gasteiger partial charge in [-0.05, 0) is 37.1 Å². The van der Waals surface area contributed by atoms with Crippen LogP contribution in [0, 0.1) is 5.82 Å². The van der Waals surface area contributed by atoms with Gasteiger partial charge in [-0.1, -0.05) is 0 Å². The molecule has 5 nitrogen and oxygen atoms in total. The van der Waals surface area contributed by atoms with E-state index in [0.717, 1.165) is 37.4 Å². The predicted octanol–water partition coefficient (Wildman–Crippen LogP) is 2.92. The smallest absolute Gasteiger partial charge is 0.270 e. The number of hydrogen-bond acceptors (Lipinski definition) is 3. The quantitative estimate of drug-likeness (QED) is 0.927. The Morgan fingerprint density at radius 3 is 2.61 bits per heavy atom. The molecule has 2 aliphatic heterocycles. The molecule has 0 bridgehead atoms. The van der Waals surface area contributed by atoms with Crippen molar-refractivity contribution in [1.29, 1.82) is 0 Å². The summed E-state index contributed by atoms with van der Waals surface area (Å²) >= 11 is 0. The average molecular weight is 315 g/mol. The van der Waals surface area contributed by atoms with Gasteiger partial charge in [-0.3, -0.25) is 4.79 Å². The third-order valence-electron chi connectivity index (χ3n) is 4.37. The van der Waals surface area contributed by atoms with Crippen LogP contribution < -0.4 is 9.64 Å². The number of aromatic nitrogens is 1. The van der Waals surface area contributed by atoms with Crippen molar-refractivity contribution in [2.45, 2.75) is 12.8 Å². The number of nitrogens with one attached hydrogen (secondary N) is 1. The zero-order valence-electron chi connectivity index (χ0n) is 12.7. The number of carbonyl (C=O) groups excluding carboxylic acids is 1. The number of H-pyrrole nitrogens is 1. The molecule has 6 heteroatoms. The summed E-state index contributed by atoms with van der Waals surface area (Å²) < 4.78 is 18.8. The van der Waals surface area contributed by atoms with Crippen LogP contribution in [0.25, 0.3) is 0 Å². The lowest BCUT2D eigenvalue weighted by Crippen LogP contribution is -2.29. The molecule has 23 heavy (non-hydrogen) atoms. The van der Waals surface area contributed by atoms with Crippen molar-refractivity contribution in [2.24, 2.45) is 0 Å². The lowest BCUT2D eigenvalue weighted by molar-refractivity contribution is 0.0787. The molecule has 0 aliphatic carbocycles. The Balaban J connectivity index is 1.65. The number of ether oxygens (including phenoxy) is 1. The van der Waals surface area contributed by atoms with Gasteiger partial charge >= 0.3 is 0 Å². The number of fused-ring (bicyclic) bond motifs is 1. The summed E-state index contributed by atoms with van der Waals surface area (Å²) in [5.74, 6) is 1.17. The molecule has 1 aromatic heterocycles. The molecule has 0 unspecified atom stereocenters. The number of hydrogen-bond donors (Lipinski definition) is 1. The van der Waals surface area contributed by atoms with Crippen molar-refractivity contribution >= 4 is 17.4 Å². The fraction of sp³-hybridized carbons (Fsp3) is 0.353. The maximum atomic E-state index is 13.1. The van der Waals surface area contributed by atoms with Crippen LogP contribution >= 0.6 is 0 Å². The number of rotatable bonds is 2. The molecule has 0 atom stereocenters. The first-order valence-electron chi connectivity index (χ1n) is 7.90. The molecule has 1 aromatic carbocycles. The van der Waals surface area contributed by atoms with Gasteiger partial charge in [0.25, 0.3) is 5.91 Å². The molecule has 1 amide bonds. The molecule has 120 valence electrons. The zero-order valence-corrected chi connectivity index (χ0v) is 12.7. The van der Waals surface area contributed by atoms with Crippen LogP contribution in [0.4, 0.5) is 15.9 Å². The Hall–Kier alpha value is -2.50. The molecule has 0 radical (unpaired) electrons. The number of anilines is 2. The van der Waals surface area contributed by atoms with Crippen LogP contribution in [-0.4, -0.2) is 42.0 Å². The topological polar surface area (TPSA) is 48.6 Å². The number of benzene rings is 1. The summed E-state index contributed by atoms with van der Waals surface area (Å²) in [6.45, 7) is 2.80. The van der Waals surface area contributed by atoms with E-state index in [1.165, 1.54) is 12.1 Å². The molecule has 0 saturated carbocycles. The van der Waals surface area contributed by atoms with Gasteiger partial charge in [0.05, 0.1) is 6.54 Å². The van der Waals surface area contributed by atoms with Crippen LogP contribution in [0.5, 0.6) is 5.75 Å². The Kier molecular flexibility index (Phi) is 3.44. The van der Waals surface area contributed by atoms with Crippen molar-refractivity contribution in [3.8, 4) is 5.75 Å². The van der Waals surface area contributed by atoms with Crippen LogP contribution in [0.15, 0.2) is 30.3 Å². The molecule has 1 N–H and O–H groups in total. The molecule has 4 rings (SSSR count). The molecular weight excluding hydrogens is 297 g/mol. The van der Waals surface area contributed by atoms with E-state index in [1.807, 2.05) is 9.80 Å². The van der Waals surface area contributed by atoms with E-state index in [2.05, 4.69) is 4.98 Å². The molecule has 3 heterocycles. The Morgan fingerprint density at radius 1 is 1.13 bits per heavy atom. The zero-order chi connectivity index (χ0) is 15.8. The first-order valence-corrected chi connectivity index (χ1v) is 7.90. The van der Waals surface area contributed by atoms with Crippen LogP contribution in [0.3, 0.4) is 0 Å². The highest BCUT2D eigenvalue weighted by Gasteiger charge is 2.27. The molecule has 0 spiro atoms. The summed E-state index contributed by atoms with van der Waals surface area (Å²) in [4.78, 5) is 19.6. The summed E-state index contributed by atoms with van der Waals surface area (Å²) in [6, 6.07) is 8.10. The highest BCUT2D eigenvalue weighted by atomic mass is 19.1. The van der Waals surface area contributed by atoms with E-state index in [0.29, 0.717) is 24.6 Å². The lowest BCUT2D eigenvalue weighted by Gasteiger charge is -2.28. The predicted molar refractivity (Wildman–Crippen MR) is 84.8 cm³/mol. The van der Waals surface area contributed by atoms with Gasteiger partial charge in [-0.2, -0.15) is 0 Å². The van der Waals surface area contributed by atoms with Crippen molar-refractivity contribution in [1.82, 2.24) is 9.88 Å². The molecule has 1 fully saturated rings. The van der Waals surface area contributed by atoms with Crippen molar-refractivity contribution in [3.05, 3.63) is 41.8 Å². The second-order valence-corrected chi connectivity index (χ2v) is 5.87. The summed E-state index contributed by atoms with van der Waals surface area (Å²) in [5.41, 5.74) is 1.42. The van der Waals surface area contributed by atoms with Crippen molar-refractivity contribution in [3.63, 3.8) is 0 Å². The second-order valence-electron chi connectivity index (χ2n) is 5.87. The largest absolute Gasteiger partial charge is 0.488 e. The number of halogens is 1. The van der Waals surface area contributed by atoms with Gasteiger partial charge in [-0.15, -0.1) is 0 Å². The van der Waals surface area contributed by atoms with E-state index < -0.39 is 0 Å². The van der Waals surface area contributed by atoms with E-state index in [1.54, 1.807) is 18.2 Å². The van der Waals surface area contributed by atoms with Crippen molar-refractivity contribution < 1.29 is 13.9 Å². The normalized spacial score (nSPS) is 17.1. The van der Waals surface area contributed by atoms with E-state index in [9.17, 15) is 9.18 Å². The van der Waals surface area contributed by atoms with E-state index >= 15 is 0 Å². The van der Waals surface area contributed by atoms with Crippen molar-refractivity contribution in [2.75, 3.05) is 31.1 Å². The number of nitrogens with zero attached hydrogens (tertiary/aromatic N) is 2. The van der Waals surface area contributed by atoms with Crippen LogP contribution in [0.2, 0.25) is 0 Å². The van der Waals surface area contributed by atoms with Crippen LogP contribution in [0.1, 0.15) is 23.3 Å². The van der Waals surface area contributed by atoms with Gasteiger partial charge < -0.3 is 19.5 Å². The molecule has 2 aromatic rings. The number of aromatic amines is 1. The minimum atomic E-state index is -0.265. The SMILES string of the molecule is O=C(c1cc2c([nH]1)N(c1ccc(F)cc1)CCO2)N1CCCC1. The van der Waals surface area contributed by atoms with Gasteiger partial charge in [0.15, 0.2) is 11.6 Å². The maximum absolute atomic E-state index is 13.1. The second kappa shape index (κ2) is 5.61. The summed E-state index contributed by atoms with van der Waals surface area (Å²) in [6.07, 6.45) is 2.12. The fourth-order valence-electron chi connectivity index (χ4n) is 3.18. The highest BCUT2D eigenvalue weighted by Crippen LogP contribution is 2.37. The fourth-order valence-corrected chi connectivity index (χ4v) is 3.18. The average Bonchev–Trinajstić information content (AvgIpc) is 3.24. The number of likely N-dealkylation sites (tertiary alicyclic amines) is 1. The van der Waals surface area contributed by atoms with Crippen LogP contribution in [-0.2, 0) is 0 Å². The third-order valence-corrected chi connectivity index (χ3v) is 4.37. The summed E-state index contributed by atoms with van der Waals surface area (Å²) in [7, 11) is 0. The molecule has 1 saturated heterocycles. The Labute approximate surface area is 133 Å². The van der Waals surface area contributed by atoms with Gasteiger partial charge in [0.1, 0.15) is 18.1 Å². The molecule has 2 aliphatic rings. The molecular formula is C17H18FN3O2. The van der Waals surface area contributed by atoms with Gasteiger partial charge in [0, 0.05) is 24.8 Å². The lowest BCUT2D eigenvalue weighted by atomic mass is 10.2. The van der Waals surface area contributed by atoms with E-state index in [4.69, 9.17) is 4.74 Å². The summed E-state index contributed by atoms with van der Waals surface area (Å²) in [5, 5.41) is 0. The Morgan fingerprint density at radius 2 is 1.87 bits per heavy atom. The third kappa shape index (κ3) is 2.54. The van der Waals surface area contributed by atoms with Gasteiger partial charge in [-0.25, -0.2) is 4.39 Å². The highest BCUT2D eigenvalue weighted by molar-refractivity contribution is 5.94. The maximum Gasteiger partial charge on any atom is 0.270 e. The van der Waals surface area contributed by atoms with Gasteiger partial charge in [0.2, 0.25) is 0 Å².